The van der Waals surface area contributed by atoms with Crippen molar-refractivity contribution >= 4 is 5.82 Å². The Bertz CT molecular complexity index is 230. The van der Waals surface area contributed by atoms with E-state index >= 15 is 0 Å². The number of imidazole rings is 1. The monoisotopic (exact) mass is 125 g/mol. The van der Waals surface area contributed by atoms with Crippen molar-refractivity contribution in [3.05, 3.63) is 6.20 Å². The molecule has 2 heterocycles. The van der Waals surface area contributed by atoms with Crippen LogP contribution in [0.4, 0.5) is 5.82 Å². The molecule has 1 aromatic rings. The summed E-state index contributed by atoms with van der Waals surface area (Å²) < 4.78 is 6.94. The van der Waals surface area contributed by atoms with E-state index < -0.39 is 0 Å². The summed E-state index contributed by atoms with van der Waals surface area (Å²) in [6.07, 6.45) is 1.61. The summed E-state index contributed by atoms with van der Waals surface area (Å²) in [7, 11) is 0. The summed E-state index contributed by atoms with van der Waals surface area (Å²) >= 11 is 0. The van der Waals surface area contributed by atoms with Crippen LogP contribution in [0.3, 0.4) is 0 Å². The molecule has 1 aliphatic heterocycles. The largest absolute Gasteiger partial charge is 0.463 e. The summed E-state index contributed by atoms with van der Waals surface area (Å²) in [4.78, 5) is 3.91. The van der Waals surface area contributed by atoms with Gasteiger partial charge in [-0.15, -0.1) is 0 Å². The molecule has 0 aromatic carbocycles. The topological polar surface area (TPSA) is 53.1 Å². The number of nitrogens with zero attached hydrogens (tertiary/aromatic N) is 2. The Balaban J connectivity index is 2.56. The summed E-state index contributed by atoms with van der Waals surface area (Å²) in [5, 5.41) is 0. The van der Waals surface area contributed by atoms with E-state index in [9.17, 15) is 0 Å². The van der Waals surface area contributed by atoms with Crippen molar-refractivity contribution in [2.75, 3.05) is 12.3 Å². The van der Waals surface area contributed by atoms with Gasteiger partial charge in [0.2, 0.25) is 0 Å². The molecular formula is C5H7N3O. The van der Waals surface area contributed by atoms with Crippen molar-refractivity contribution in [3.8, 4) is 6.01 Å². The molecule has 0 fully saturated rings. The van der Waals surface area contributed by atoms with Crippen LogP contribution >= 0.6 is 0 Å². The van der Waals surface area contributed by atoms with Gasteiger partial charge in [-0.1, -0.05) is 0 Å². The standard InChI is InChI=1S/C5H7N3O/c6-4-3-7-5-8(4)1-2-9-5/h3H,1-2,6H2. The highest BCUT2D eigenvalue weighted by Crippen LogP contribution is 2.18. The molecule has 2 N–H and O–H groups in total. The predicted molar refractivity (Wildman–Crippen MR) is 32.1 cm³/mol. The van der Waals surface area contributed by atoms with E-state index in [1.54, 1.807) is 6.20 Å². The van der Waals surface area contributed by atoms with E-state index in [0.29, 0.717) is 18.4 Å². The highest BCUT2D eigenvalue weighted by Gasteiger charge is 2.13. The lowest BCUT2D eigenvalue weighted by Gasteiger charge is -1.91. The van der Waals surface area contributed by atoms with E-state index in [-0.39, 0.29) is 0 Å². The van der Waals surface area contributed by atoms with Gasteiger partial charge in [-0.2, -0.15) is 0 Å². The lowest BCUT2D eigenvalue weighted by molar-refractivity contribution is 0.345. The number of aromatic nitrogens is 2. The van der Waals surface area contributed by atoms with Gasteiger partial charge in [0.15, 0.2) is 0 Å². The molecule has 0 amide bonds. The van der Waals surface area contributed by atoms with Gasteiger partial charge in [0.05, 0.1) is 12.7 Å². The number of rotatable bonds is 0. The zero-order valence-corrected chi connectivity index (χ0v) is 4.87. The number of fused-ring (bicyclic) bond motifs is 1. The minimum atomic E-state index is 0.646. The third-order valence-electron chi connectivity index (χ3n) is 1.40. The molecule has 4 nitrogen and oxygen atoms in total. The zero-order chi connectivity index (χ0) is 6.27. The molecule has 48 valence electrons. The van der Waals surface area contributed by atoms with Crippen LogP contribution in [0.2, 0.25) is 0 Å². The molecule has 0 unspecified atom stereocenters. The summed E-state index contributed by atoms with van der Waals surface area (Å²) in [5.41, 5.74) is 5.51. The average molecular weight is 125 g/mol. The Labute approximate surface area is 52.2 Å². The van der Waals surface area contributed by atoms with Crippen LogP contribution in [0.1, 0.15) is 0 Å². The van der Waals surface area contributed by atoms with Crippen molar-refractivity contribution in [2.24, 2.45) is 0 Å². The first-order chi connectivity index (χ1) is 4.38. The Kier molecular flexibility index (Phi) is 0.726. The minimum Gasteiger partial charge on any atom is -0.463 e. The number of anilines is 1. The molecule has 0 bridgehead atoms. The highest BCUT2D eigenvalue weighted by atomic mass is 16.5. The Hall–Kier alpha value is -1.19. The fraction of sp³-hybridized carbons (Fsp3) is 0.400. The van der Waals surface area contributed by atoms with Crippen LogP contribution in [-0.4, -0.2) is 16.2 Å². The second kappa shape index (κ2) is 1.40. The van der Waals surface area contributed by atoms with Crippen molar-refractivity contribution in [3.63, 3.8) is 0 Å². The average Bonchev–Trinajstić information content (AvgIpc) is 2.35. The van der Waals surface area contributed by atoms with Gasteiger partial charge in [-0.25, -0.2) is 4.98 Å². The van der Waals surface area contributed by atoms with Crippen LogP contribution in [0.15, 0.2) is 6.20 Å². The van der Waals surface area contributed by atoms with Crippen LogP contribution in [0, 0.1) is 0 Å². The lowest BCUT2D eigenvalue weighted by Crippen LogP contribution is -1.97. The fourth-order valence-electron chi connectivity index (χ4n) is 0.939. The fourth-order valence-corrected chi connectivity index (χ4v) is 0.939. The van der Waals surface area contributed by atoms with Gasteiger partial charge in [0.25, 0.3) is 6.01 Å². The molecular weight excluding hydrogens is 118 g/mol. The van der Waals surface area contributed by atoms with E-state index in [2.05, 4.69) is 4.98 Å². The van der Waals surface area contributed by atoms with Gasteiger partial charge in [0.1, 0.15) is 12.4 Å². The number of hydrogen-bond donors (Lipinski definition) is 1. The van der Waals surface area contributed by atoms with Crippen molar-refractivity contribution in [1.82, 2.24) is 9.55 Å². The van der Waals surface area contributed by atoms with Gasteiger partial charge in [-0.3, -0.25) is 4.57 Å². The van der Waals surface area contributed by atoms with E-state index in [4.69, 9.17) is 10.5 Å². The van der Waals surface area contributed by atoms with Gasteiger partial charge >= 0.3 is 0 Å². The molecule has 4 heteroatoms. The molecule has 0 spiro atoms. The first kappa shape index (κ1) is 4.67. The number of hydrogen-bond acceptors (Lipinski definition) is 3. The van der Waals surface area contributed by atoms with E-state index in [0.717, 1.165) is 6.54 Å². The number of nitrogens with two attached hydrogens (primary N) is 1. The molecule has 1 aromatic heterocycles. The molecule has 1 aliphatic rings. The maximum absolute atomic E-state index is 5.51. The quantitative estimate of drug-likeness (QED) is 0.525. The van der Waals surface area contributed by atoms with Crippen LogP contribution in [0.5, 0.6) is 6.01 Å². The van der Waals surface area contributed by atoms with Gasteiger partial charge < -0.3 is 10.5 Å². The normalized spacial score (nSPS) is 15.1. The van der Waals surface area contributed by atoms with Crippen LogP contribution in [-0.2, 0) is 6.54 Å². The Morgan fingerprint density at radius 3 is 3.44 bits per heavy atom. The maximum atomic E-state index is 5.51. The first-order valence-electron chi connectivity index (χ1n) is 2.82. The molecule has 0 atom stereocenters. The Morgan fingerprint density at radius 1 is 1.78 bits per heavy atom. The molecule has 0 aliphatic carbocycles. The van der Waals surface area contributed by atoms with Crippen molar-refractivity contribution in [2.45, 2.75) is 6.54 Å². The second-order valence-electron chi connectivity index (χ2n) is 1.97. The zero-order valence-electron chi connectivity index (χ0n) is 4.87. The second-order valence-corrected chi connectivity index (χ2v) is 1.97. The maximum Gasteiger partial charge on any atom is 0.298 e. The predicted octanol–water partition coefficient (Wildman–Crippen LogP) is -0.142. The third-order valence-corrected chi connectivity index (χ3v) is 1.40. The minimum absolute atomic E-state index is 0.646. The van der Waals surface area contributed by atoms with Crippen molar-refractivity contribution in [1.29, 1.82) is 0 Å². The third kappa shape index (κ3) is 0.497. The SMILES string of the molecule is Nc1cnc2n1CCO2. The lowest BCUT2D eigenvalue weighted by atomic mass is 10.6. The first-order valence-corrected chi connectivity index (χ1v) is 2.82. The smallest absolute Gasteiger partial charge is 0.298 e. The molecule has 0 saturated heterocycles. The number of ether oxygens (including phenoxy) is 1. The van der Waals surface area contributed by atoms with Crippen LogP contribution in [0.25, 0.3) is 0 Å². The summed E-state index contributed by atoms with van der Waals surface area (Å²) in [5.74, 6) is 0.683. The van der Waals surface area contributed by atoms with E-state index in [1.807, 2.05) is 4.57 Å². The molecule has 9 heavy (non-hydrogen) atoms. The summed E-state index contributed by atoms with van der Waals surface area (Å²) in [6.45, 7) is 1.54. The number of nitrogen functional groups attached to an aromatic ring is 1. The summed E-state index contributed by atoms with van der Waals surface area (Å²) in [6, 6.07) is 0.646. The Morgan fingerprint density at radius 2 is 2.67 bits per heavy atom. The molecule has 0 saturated carbocycles. The molecule has 2 rings (SSSR count). The van der Waals surface area contributed by atoms with E-state index in [1.165, 1.54) is 0 Å². The van der Waals surface area contributed by atoms with Gasteiger partial charge in [0, 0.05) is 0 Å². The van der Waals surface area contributed by atoms with Gasteiger partial charge in [-0.05, 0) is 0 Å². The molecule has 0 radical (unpaired) electrons. The van der Waals surface area contributed by atoms with Crippen molar-refractivity contribution < 1.29 is 4.74 Å². The van der Waals surface area contributed by atoms with Crippen LogP contribution < -0.4 is 10.5 Å². The highest BCUT2D eigenvalue weighted by molar-refractivity contribution is 5.31.